The number of anilines is 3. The summed E-state index contributed by atoms with van der Waals surface area (Å²) in [5, 5.41) is 15.1. The summed E-state index contributed by atoms with van der Waals surface area (Å²) in [5.74, 6) is -0.454. The number of hydrogen-bond donors (Lipinski definition) is 2. The summed E-state index contributed by atoms with van der Waals surface area (Å²) < 4.78 is 0.918. The summed E-state index contributed by atoms with van der Waals surface area (Å²) in [6, 6.07) is 15.2. The van der Waals surface area contributed by atoms with E-state index >= 15 is 0 Å². The van der Waals surface area contributed by atoms with Gasteiger partial charge in [-0.05, 0) is 68.8 Å². The number of benzene rings is 2. The van der Waals surface area contributed by atoms with E-state index in [2.05, 4.69) is 51.4 Å². The van der Waals surface area contributed by atoms with E-state index in [1.807, 2.05) is 37.3 Å². The number of rotatable bonds is 7. The van der Waals surface area contributed by atoms with Crippen molar-refractivity contribution >= 4 is 38.9 Å². The molecule has 27 heavy (non-hydrogen) atoms. The third kappa shape index (κ3) is 5.60. The highest BCUT2D eigenvalue weighted by molar-refractivity contribution is 9.10. The van der Waals surface area contributed by atoms with E-state index in [1.54, 1.807) is 12.1 Å². The minimum Gasteiger partial charge on any atom is -0.372 e. The van der Waals surface area contributed by atoms with E-state index < -0.39 is 5.91 Å². The zero-order valence-corrected chi connectivity index (χ0v) is 17.3. The number of halogens is 1. The lowest BCUT2D eigenvalue weighted by Crippen LogP contribution is -2.21. The molecule has 0 aliphatic heterocycles. The van der Waals surface area contributed by atoms with Crippen molar-refractivity contribution in [2.24, 2.45) is 0 Å². The van der Waals surface area contributed by atoms with E-state index in [0.717, 1.165) is 34.5 Å². The Hall–Kier alpha value is -2.78. The molecule has 0 heterocycles. The van der Waals surface area contributed by atoms with Gasteiger partial charge in [0.1, 0.15) is 11.6 Å². The predicted octanol–water partition coefficient (Wildman–Crippen LogP) is 5.06. The van der Waals surface area contributed by atoms with Crippen LogP contribution in [0.1, 0.15) is 19.4 Å². The average molecular weight is 427 g/mol. The van der Waals surface area contributed by atoms with Gasteiger partial charge in [0.15, 0.2) is 0 Å². The maximum atomic E-state index is 12.3. The van der Waals surface area contributed by atoms with Gasteiger partial charge in [0, 0.05) is 40.8 Å². The first-order valence-corrected chi connectivity index (χ1v) is 9.57. The van der Waals surface area contributed by atoms with Gasteiger partial charge >= 0.3 is 0 Å². The van der Waals surface area contributed by atoms with Gasteiger partial charge in [0.05, 0.1) is 0 Å². The predicted molar refractivity (Wildman–Crippen MR) is 115 cm³/mol. The van der Waals surface area contributed by atoms with Crippen LogP contribution in [0.4, 0.5) is 17.1 Å². The van der Waals surface area contributed by atoms with E-state index in [0.29, 0.717) is 5.69 Å². The molecular weight excluding hydrogens is 404 g/mol. The minimum absolute atomic E-state index is 0.00476. The van der Waals surface area contributed by atoms with Crippen LogP contribution in [0.3, 0.4) is 0 Å². The van der Waals surface area contributed by atoms with Crippen molar-refractivity contribution in [3.8, 4) is 6.07 Å². The second-order valence-electron chi connectivity index (χ2n) is 5.95. The summed E-state index contributed by atoms with van der Waals surface area (Å²) >= 11 is 3.35. The lowest BCUT2D eigenvalue weighted by atomic mass is 10.1. The largest absolute Gasteiger partial charge is 0.372 e. The molecule has 0 saturated heterocycles. The monoisotopic (exact) mass is 426 g/mol. The van der Waals surface area contributed by atoms with Crippen molar-refractivity contribution in [3.63, 3.8) is 0 Å². The Morgan fingerprint density at radius 1 is 1.19 bits per heavy atom. The van der Waals surface area contributed by atoms with Crippen molar-refractivity contribution in [3.05, 3.63) is 64.3 Å². The van der Waals surface area contributed by atoms with Gasteiger partial charge in [-0.25, -0.2) is 0 Å². The molecule has 0 aliphatic rings. The van der Waals surface area contributed by atoms with Crippen LogP contribution in [0, 0.1) is 18.3 Å². The highest BCUT2D eigenvalue weighted by Crippen LogP contribution is 2.23. The number of carbonyl (C=O) groups excluding carboxylic acids is 1. The van der Waals surface area contributed by atoms with Crippen LogP contribution >= 0.6 is 15.9 Å². The molecule has 140 valence electrons. The van der Waals surface area contributed by atoms with Crippen LogP contribution < -0.4 is 15.5 Å². The van der Waals surface area contributed by atoms with E-state index in [1.165, 1.54) is 6.20 Å². The lowest BCUT2D eigenvalue weighted by Gasteiger charge is -2.22. The molecule has 0 aliphatic carbocycles. The summed E-state index contributed by atoms with van der Waals surface area (Å²) in [4.78, 5) is 14.6. The summed E-state index contributed by atoms with van der Waals surface area (Å²) in [5.41, 5.74) is 3.69. The first-order chi connectivity index (χ1) is 13.0. The second-order valence-corrected chi connectivity index (χ2v) is 6.86. The van der Waals surface area contributed by atoms with Crippen molar-refractivity contribution in [2.45, 2.75) is 20.8 Å². The molecular formula is C21H23BrN4O. The normalized spacial score (nSPS) is 10.9. The number of amides is 1. The maximum Gasteiger partial charge on any atom is 0.267 e. The van der Waals surface area contributed by atoms with Gasteiger partial charge in [0.25, 0.3) is 5.91 Å². The van der Waals surface area contributed by atoms with Gasteiger partial charge < -0.3 is 15.5 Å². The molecule has 0 unspecified atom stereocenters. The molecule has 0 fully saturated rings. The van der Waals surface area contributed by atoms with Gasteiger partial charge in [-0.3, -0.25) is 4.79 Å². The zero-order chi connectivity index (χ0) is 19.8. The third-order valence-electron chi connectivity index (χ3n) is 4.18. The molecule has 0 aromatic heterocycles. The number of nitrogens with one attached hydrogen (secondary N) is 2. The Bertz CT molecular complexity index is 865. The van der Waals surface area contributed by atoms with Crippen LogP contribution in [-0.4, -0.2) is 19.0 Å². The Labute approximate surface area is 168 Å². The SMILES string of the molecule is CCN(CC)c1ccc(N/C=C(/C#N)C(=O)Nc2ccc(Br)cc2)c(C)c1. The molecule has 2 rings (SSSR count). The van der Waals surface area contributed by atoms with Gasteiger partial charge in [-0.2, -0.15) is 5.26 Å². The number of nitrogens with zero attached hydrogens (tertiary/aromatic N) is 2. The van der Waals surface area contributed by atoms with Crippen molar-refractivity contribution in [1.82, 2.24) is 0 Å². The van der Waals surface area contributed by atoms with Crippen molar-refractivity contribution in [2.75, 3.05) is 28.6 Å². The standard InChI is InChI=1S/C21H23BrN4O/c1-4-26(5-2)19-10-11-20(15(3)12-19)24-14-16(13-23)21(27)25-18-8-6-17(22)7-9-18/h6-12,14,24H,4-5H2,1-3H3,(H,25,27)/b16-14-. The van der Waals surface area contributed by atoms with Crippen LogP contribution in [-0.2, 0) is 4.79 Å². The van der Waals surface area contributed by atoms with Crippen LogP contribution in [0.2, 0.25) is 0 Å². The van der Waals surface area contributed by atoms with Crippen LogP contribution in [0.25, 0.3) is 0 Å². The molecule has 1 amide bonds. The third-order valence-corrected chi connectivity index (χ3v) is 4.71. The van der Waals surface area contributed by atoms with E-state index in [4.69, 9.17) is 0 Å². The quantitative estimate of drug-likeness (QED) is 0.479. The van der Waals surface area contributed by atoms with E-state index in [-0.39, 0.29) is 5.57 Å². The smallest absolute Gasteiger partial charge is 0.267 e. The fraction of sp³-hybridized carbons (Fsp3) is 0.238. The Balaban J connectivity index is 2.11. The molecule has 5 nitrogen and oxygen atoms in total. The van der Waals surface area contributed by atoms with E-state index in [9.17, 15) is 10.1 Å². The van der Waals surface area contributed by atoms with Crippen molar-refractivity contribution in [1.29, 1.82) is 5.26 Å². The molecule has 0 saturated carbocycles. The second kappa shape index (κ2) is 9.79. The number of hydrogen-bond acceptors (Lipinski definition) is 4. The average Bonchev–Trinajstić information content (AvgIpc) is 2.66. The summed E-state index contributed by atoms with van der Waals surface area (Å²) in [6.07, 6.45) is 1.44. The fourth-order valence-corrected chi connectivity index (χ4v) is 2.89. The molecule has 2 N–H and O–H groups in total. The maximum absolute atomic E-state index is 12.3. The fourth-order valence-electron chi connectivity index (χ4n) is 2.63. The highest BCUT2D eigenvalue weighted by atomic mass is 79.9. The molecule has 0 bridgehead atoms. The molecule has 0 atom stereocenters. The topological polar surface area (TPSA) is 68.2 Å². The summed E-state index contributed by atoms with van der Waals surface area (Å²) in [7, 11) is 0. The van der Waals surface area contributed by atoms with Crippen LogP contribution in [0.5, 0.6) is 0 Å². The number of aryl methyl sites for hydroxylation is 1. The molecule has 0 radical (unpaired) electrons. The number of nitriles is 1. The molecule has 2 aromatic rings. The Morgan fingerprint density at radius 2 is 1.85 bits per heavy atom. The first kappa shape index (κ1) is 20.5. The summed E-state index contributed by atoms with van der Waals surface area (Å²) in [6.45, 7) is 8.12. The molecule has 0 spiro atoms. The van der Waals surface area contributed by atoms with Crippen molar-refractivity contribution < 1.29 is 4.79 Å². The first-order valence-electron chi connectivity index (χ1n) is 8.77. The molecule has 6 heteroatoms. The lowest BCUT2D eigenvalue weighted by molar-refractivity contribution is -0.112. The zero-order valence-electron chi connectivity index (χ0n) is 15.7. The van der Waals surface area contributed by atoms with Gasteiger partial charge in [-0.15, -0.1) is 0 Å². The highest BCUT2D eigenvalue weighted by Gasteiger charge is 2.10. The Morgan fingerprint density at radius 3 is 2.41 bits per heavy atom. The Kier molecular flexibility index (Phi) is 7.44. The van der Waals surface area contributed by atoms with Crippen LogP contribution in [0.15, 0.2) is 58.7 Å². The van der Waals surface area contributed by atoms with Gasteiger partial charge in [-0.1, -0.05) is 15.9 Å². The minimum atomic E-state index is -0.454. The molecule has 2 aromatic carbocycles. The van der Waals surface area contributed by atoms with Gasteiger partial charge in [0.2, 0.25) is 0 Å². The number of carbonyl (C=O) groups is 1.